The number of ether oxygens (including phenoxy) is 1. The van der Waals surface area contributed by atoms with E-state index in [-0.39, 0.29) is 30.4 Å². The maximum atomic E-state index is 15.0. The van der Waals surface area contributed by atoms with E-state index in [9.17, 15) is 23.3 Å². The monoisotopic (exact) mass is 525 g/mol. The Morgan fingerprint density at radius 3 is 2.68 bits per heavy atom. The maximum Gasteiger partial charge on any atom is 0.253 e. The maximum absolute atomic E-state index is 15.0. The minimum absolute atomic E-state index is 0.0118. The fourth-order valence-electron chi connectivity index (χ4n) is 4.98. The fraction of sp³-hybridized carbons (Fsp3) is 0.682. The van der Waals surface area contributed by atoms with Crippen molar-refractivity contribution in [1.82, 2.24) is 25.4 Å². The van der Waals surface area contributed by atoms with Crippen LogP contribution < -0.4 is 26.6 Å². The fourth-order valence-corrected chi connectivity index (χ4v) is 4.98. The number of hydrogen-bond acceptors (Lipinski definition) is 11. The molecule has 13 nitrogen and oxygen atoms in total. The molecule has 0 spiro atoms. The number of rotatable bonds is 7. The van der Waals surface area contributed by atoms with Crippen LogP contribution in [0.2, 0.25) is 0 Å². The highest BCUT2D eigenvalue weighted by atomic mass is 19.1. The molecule has 37 heavy (non-hydrogen) atoms. The number of anilines is 2. The van der Waals surface area contributed by atoms with Gasteiger partial charge in [-0.15, -0.1) is 4.91 Å². The zero-order valence-corrected chi connectivity index (χ0v) is 20.6. The third-order valence-electron chi connectivity index (χ3n) is 6.88. The summed E-state index contributed by atoms with van der Waals surface area (Å²) in [6.07, 6.45) is -1.52. The quantitative estimate of drug-likeness (QED) is 0.314. The number of aromatic nitrogens is 1. The van der Waals surface area contributed by atoms with Gasteiger partial charge in [0.25, 0.3) is 5.91 Å². The summed E-state index contributed by atoms with van der Waals surface area (Å²) in [7, 11) is 1.60. The molecule has 0 aromatic carbocycles. The first kappa shape index (κ1) is 27.2. The van der Waals surface area contributed by atoms with Crippen molar-refractivity contribution in [3.8, 4) is 0 Å². The first-order valence-corrected chi connectivity index (χ1v) is 12.3. The van der Waals surface area contributed by atoms with Crippen LogP contribution in [0.5, 0.6) is 0 Å². The van der Waals surface area contributed by atoms with Crippen molar-refractivity contribution >= 4 is 23.2 Å². The highest BCUT2D eigenvalue weighted by Gasteiger charge is 2.40. The second-order valence-electron chi connectivity index (χ2n) is 9.39. The van der Waals surface area contributed by atoms with E-state index < -0.39 is 42.2 Å². The van der Waals surface area contributed by atoms with E-state index in [1.54, 1.807) is 21.7 Å². The smallest absolute Gasteiger partial charge is 0.253 e. The van der Waals surface area contributed by atoms with E-state index in [1.165, 1.54) is 6.20 Å². The molecule has 3 fully saturated rings. The largest absolute Gasteiger partial charge is 0.366 e. The minimum atomic E-state index is -1.42. The minimum Gasteiger partial charge on any atom is -0.366 e. The Hall–Kier alpha value is -2.85. The molecule has 0 bridgehead atoms. The van der Waals surface area contributed by atoms with Gasteiger partial charge in [-0.05, 0) is 7.05 Å². The normalized spacial score (nSPS) is 26.9. The van der Waals surface area contributed by atoms with E-state index in [0.29, 0.717) is 45.9 Å². The van der Waals surface area contributed by atoms with Gasteiger partial charge in [0.1, 0.15) is 23.9 Å². The van der Waals surface area contributed by atoms with Crippen molar-refractivity contribution in [2.24, 2.45) is 16.8 Å². The summed E-state index contributed by atoms with van der Waals surface area (Å²) in [4.78, 5) is 46.2. The van der Waals surface area contributed by atoms with Gasteiger partial charge >= 0.3 is 0 Å². The number of halogens is 2. The predicted molar refractivity (Wildman–Crippen MR) is 131 cm³/mol. The van der Waals surface area contributed by atoms with Crippen LogP contribution in [0.3, 0.4) is 0 Å². The summed E-state index contributed by atoms with van der Waals surface area (Å²) in [6, 6.07) is 0. The van der Waals surface area contributed by atoms with Crippen molar-refractivity contribution in [3.05, 3.63) is 23.1 Å². The molecule has 4 rings (SSSR count). The molecule has 3 aliphatic heterocycles. The number of morpholine rings is 1. The van der Waals surface area contributed by atoms with E-state index in [4.69, 9.17) is 10.5 Å². The molecule has 1 aromatic heterocycles. The number of nitrogens with one attached hydrogen (secondary N) is 3. The summed E-state index contributed by atoms with van der Waals surface area (Å²) in [5.41, 5.74) is 6.07. The lowest BCUT2D eigenvalue weighted by atomic mass is 9.98. The Labute approximate surface area is 213 Å². The molecule has 15 heteroatoms. The Morgan fingerprint density at radius 1 is 1.27 bits per heavy atom. The molecular formula is C22H33F2N9O4. The van der Waals surface area contributed by atoms with Crippen molar-refractivity contribution in [2.75, 3.05) is 76.2 Å². The number of nitrogens with zero attached hydrogens (tertiary/aromatic N) is 5. The van der Waals surface area contributed by atoms with Crippen molar-refractivity contribution in [3.63, 3.8) is 0 Å². The molecule has 0 saturated carbocycles. The molecular weight excluding hydrogens is 492 g/mol. The number of carbonyl (C=O) groups is 2. The lowest BCUT2D eigenvalue weighted by Gasteiger charge is -2.40. The molecule has 2 amide bonds. The molecule has 5 atom stereocenters. The summed E-state index contributed by atoms with van der Waals surface area (Å²) in [6.45, 7) is 2.98. The van der Waals surface area contributed by atoms with Crippen LogP contribution >= 0.6 is 0 Å². The second kappa shape index (κ2) is 12.1. The molecule has 4 heterocycles. The highest BCUT2D eigenvalue weighted by molar-refractivity contribution is 5.96. The van der Waals surface area contributed by atoms with Gasteiger partial charge in [0, 0.05) is 52.4 Å². The zero-order valence-electron chi connectivity index (χ0n) is 20.6. The van der Waals surface area contributed by atoms with Crippen LogP contribution in [0, 0.1) is 16.6 Å². The average Bonchev–Trinajstić information content (AvgIpc) is 2.90. The van der Waals surface area contributed by atoms with Crippen molar-refractivity contribution < 1.29 is 23.1 Å². The third kappa shape index (κ3) is 6.18. The average molecular weight is 526 g/mol. The van der Waals surface area contributed by atoms with Crippen LogP contribution in [0.15, 0.2) is 17.6 Å². The molecule has 3 aliphatic rings. The van der Waals surface area contributed by atoms with E-state index in [1.807, 2.05) is 0 Å². The lowest BCUT2D eigenvalue weighted by molar-refractivity contribution is -0.145. The molecule has 5 unspecified atom stereocenters. The number of hydrogen-bond donors (Lipinski definition) is 4. The van der Waals surface area contributed by atoms with Gasteiger partial charge < -0.3 is 30.9 Å². The number of nitroso groups, excluding NO2 is 1. The second-order valence-corrected chi connectivity index (χ2v) is 9.39. The van der Waals surface area contributed by atoms with Gasteiger partial charge in [0.2, 0.25) is 5.91 Å². The topological polar surface area (TPSA) is 158 Å². The third-order valence-corrected chi connectivity index (χ3v) is 6.88. The zero-order chi connectivity index (χ0) is 26.5. The van der Waals surface area contributed by atoms with E-state index >= 15 is 0 Å². The van der Waals surface area contributed by atoms with E-state index in [2.05, 4.69) is 26.1 Å². The van der Waals surface area contributed by atoms with Crippen LogP contribution in [0.1, 0.15) is 0 Å². The number of nitrogens with two attached hydrogens (primary N) is 1. The standard InChI is InChI=1S/C22H33F2N9O4/c1-31-12-13(23)8-28-20(31)17(19(25)30-36)21(34)29-15-10-27-9-14(24)18(15)32-3-5-33(6-4-32)22(35)16-11-26-2-7-37-16/h9-10,13,16-17,19-20,26,28H,2-8,11-12,25H2,1H3,(H,29,34). The van der Waals surface area contributed by atoms with Gasteiger partial charge in [0.15, 0.2) is 12.0 Å². The number of pyridine rings is 1. The SMILES string of the molecule is CN1CC(F)CNC1C(C(=O)Nc1cncc(F)c1N1CCN(C(=O)C2CNCCO2)CC1)C(N)N=O. The Balaban J connectivity index is 1.47. The van der Waals surface area contributed by atoms with Crippen molar-refractivity contribution in [1.29, 1.82) is 0 Å². The first-order valence-electron chi connectivity index (χ1n) is 12.3. The lowest BCUT2D eigenvalue weighted by Crippen LogP contribution is -2.62. The molecule has 5 N–H and O–H groups in total. The Morgan fingerprint density at radius 2 is 2.03 bits per heavy atom. The number of carbonyl (C=O) groups excluding carboxylic acids is 2. The van der Waals surface area contributed by atoms with Gasteiger partial charge in [-0.1, -0.05) is 5.18 Å². The Bertz CT molecular complexity index is 975. The molecule has 1 aromatic rings. The van der Waals surface area contributed by atoms with Gasteiger partial charge in [-0.2, -0.15) is 0 Å². The van der Waals surface area contributed by atoms with Gasteiger partial charge in [0.05, 0.1) is 30.9 Å². The highest BCUT2D eigenvalue weighted by Crippen LogP contribution is 2.30. The summed E-state index contributed by atoms with van der Waals surface area (Å²) in [5.74, 6) is -2.63. The molecule has 204 valence electrons. The number of alkyl halides is 1. The summed E-state index contributed by atoms with van der Waals surface area (Å²) < 4.78 is 34.3. The van der Waals surface area contributed by atoms with Crippen LogP contribution in [-0.2, 0) is 14.3 Å². The van der Waals surface area contributed by atoms with Crippen molar-refractivity contribution in [2.45, 2.75) is 24.6 Å². The molecule has 0 aliphatic carbocycles. The van der Waals surface area contributed by atoms with Crippen LogP contribution in [0.25, 0.3) is 0 Å². The Kier molecular flexibility index (Phi) is 8.91. The molecule has 3 saturated heterocycles. The number of piperazine rings is 1. The summed E-state index contributed by atoms with van der Waals surface area (Å²) in [5, 5.41) is 11.5. The van der Waals surface area contributed by atoms with Crippen LogP contribution in [-0.4, -0.2) is 117 Å². The van der Waals surface area contributed by atoms with E-state index in [0.717, 1.165) is 6.20 Å². The number of amides is 2. The molecule has 0 radical (unpaired) electrons. The van der Waals surface area contributed by atoms with Gasteiger partial charge in [-0.25, -0.2) is 8.78 Å². The predicted octanol–water partition coefficient (Wildman–Crippen LogP) is -1.34. The summed E-state index contributed by atoms with van der Waals surface area (Å²) >= 11 is 0. The van der Waals surface area contributed by atoms with Gasteiger partial charge in [-0.3, -0.25) is 24.8 Å². The first-order chi connectivity index (χ1) is 17.8. The van der Waals surface area contributed by atoms with Crippen LogP contribution in [0.4, 0.5) is 20.2 Å².